The zero-order chi connectivity index (χ0) is 25.6. The van der Waals surface area contributed by atoms with Gasteiger partial charge in [0.25, 0.3) is 17.4 Å². The molecule has 37 heavy (non-hydrogen) atoms. The average Bonchev–Trinajstić information content (AvgIpc) is 2.88. The van der Waals surface area contributed by atoms with Gasteiger partial charge in [-0.15, -0.1) is 0 Å². The first kappa shape index (κ1) is 24.0. The first-order valence-corrected chi connectivity index (χ1v) is 13.0. The Balaban J connectivity index is 1.05. The summed E-state index contributed by atoms with van der Waals surface area (Å²) in [5, 5.41) is 2.62. The molecule has 0 unspecified atom stereocenters. The Bertz CT molecular complexity index is 1370. The fraction of sp³-hybridized carbons (Fsp3) is 0.481. The van der Waals surface area contributed by atoms with Gasteiger partial charge in [-0.05, 0) is 55.0 Å². The number of piperazine rings is 1. The Morgan fingerprint density at radius 3 is 2.51 bits per heavy atom. The summed E-state index contributed by atoms with van der Waals surface area (Å²) >= 11 is 0. The lowest BCUT2D eigenvalue weighted by atomic mass is 9.88. The van der Waals surface area contributed by atoms with Crippen molar-refractivity contribution in [2.45, 2.75) is 57.0 Å². The second kappa shape index (κ2) is 9.48. The van der Waals surface area contributed by atoms with Gasteiger partial charge in [0.2, 0.25) is 0 Å². The summed E-state index contributed by atoms with van der Waals surface area (Å²) in [6, 6.07) is 5.08. The Labute approximate surface area is 213 Å². The fourth-order valence-corrected chi connectivity index (χ4v) is 5.70. The lowest BCUT2D eigenvalue weighted by Crippen LogP contribution is -2.50. The van der Waals surface area contributed by atoms with E-state index in [0.29, 0.717) is 0 Å². The second-order valence-electron chi connectivity index (χ2n) is 10.5. The summed E-state index contributed by atoms with van der Waals surface area (Å²) in [6.07, 6.45) is 6.90. The maximum absolute atomic E-state index is 13.0. The van der Waals surface area contributed by atoms with E-state index in [0.717, 1.165) is 91.8 Å². The number of hydrogen-bond donors (Lipinski definition) is 2. The lowest BCUT2D eigenvalue weighted by Gasteiger charge is -2.36. The number of amides is 1. The van der Waals surface area contributed by atoms with Crippen molar-refractivity contribution < 1.29 is 13.6 Å². The van der Waals surface area contributed by atoms with E-state index in [2.05, 4.69) is 31.2 Å². The smallest absolute Gasteiger partial charge is 0.270 e. The molecule has 0 aromatic carbocycles. The van der Waals surface area contributed by atoms with E-state index in [1.807, 2.05) is 12.3 Å². The van der Waals surface area contributed by atoms with Gasteiger partial charge < -0.3 is 15.2 Å². The lowest BCUT2D eigenvalue weighted by molar-refractivity contribution is -0.0901. The van der Waals surface area contributed by atoms with E-state index in [9.17, 15) is 18.4 Å². The van der Waals surface area contributed by atoms with Crippen LogP contribution in [0.2, 0.25) is 0 Å². The number of alkyl halides is 2. The van der Waals surface area contributed by atoms with Crippen LogP contribution in [0.15, 0.2) is 35.4 Å². The predicted molar refractivity (Wildman–Crippen MR) is 136 cm³/mol. The second-order valence-corrected chi connectivity index (χ2v) is 10.5. The number of nitrogens with one attached hydrogen (secondary N) is 2. The number of H-pyrrole nitrogens is 1. The van der Waals surface area contributed by atoms with Crippen LogP contribution in [0.3, 0.4) is 0 Å². The Hall–Kier alpha value is -3.40. The Morgan fingerprint density at radius 2 is 1.81 bits per heavy atom. The molecule has 2 aliphatic carbocycles. The number of carbonyl (C=O) groups is 1. The minimum absolute atomic E-state index is 0.0245. The monoisotopic (exact) mass is 508 g/mol. The third-order valence-electron chi connectivity index (χ3n) is 7.77. The predicted octanol–water partition coefficient (Wildman–Crippen LogP) is 3.05. The summed E-state index contributed by atoms with van der Waals surface area (Å²) in [5.74, 6) is -3.08. The molecule has 2 fully saturated rings. The summed E-state index contributed by atoms with van der Waals surface area (Å²) in [7, 11) is 0. The first-order chi connectivity index (χ1) is 17.8. The van der Waals surface area contributed by atoms with Crippen LogP contribution in [0.1, 0.15) is 52.9 Å². The van der Waals surface area contributed by atoms with Crippen molar-refractivity contribution in [3.8, 4) is 0 Å². The summed E-state index contributed by atoms with van der Waals surface area (Å²) in [5.41, 5.74) is 6.04. The molecular weight excluding hydrogens is 478 g/mol. The maximum atomic E-state index is 13.0. The van der Waals surface area contributed by atoms with Crippen molar-refractivity contribution >= 4 is 22.6 Å². The van der Waals surface area contributed by atoms with Crippen molar-refractivity contribution in [3.05, 3.63) is 63.3 Å². The van der Waals surface area contributed by atoms with Crippen LogP contribution in [-0.4, -0.2) is 63.9 Å². The molecule has 0 bridgehead atoms. The number of aryl methyl sites for hydroxylation is 1. The largest absolute Gasteiger partial charge is 0.368 e. The van der Waals surface area contributed by atoms with Gasteiger partial charge in [0, 0.05) is 63.4 Å². The number of nitrogens with zero attached hydrogens (tertiary/aromatic N) is 4. The minimum atomic E-state index is -2.67. The number of rotatable bonds is 5. The van der Waals surface area contributed by atoms with Crippen LogP contribution in [0.25, 0.3) is 11.0 Å². The normalized spacial score (nSPS) is 19.9. The van der Waals surface area contributed by atoms with Crippen LogP contribution in [0.5, 0.6) is 0 Å². The molecule has 1 saturated carbocycles. The zero-order valence-corrected chi connectivity index (χ0v) is 20.6. The molecule has 0 atom stereocenters. The molecule has 1 saturated heterocycles. The Morgan fingerprint density at radius 1 is 1.05 bits per heavy atom. The number of aromatic amines is 1. The highest BCUT2D eigenvalue weighted by Crippen LogP contribution is 2.37. The van der Waals surface area contributed by atoms with Gasteiger partial charge in [-0.3, -0.25) is 19.5 Å². The molecule has 4 heterocycles. The van der Waals surface area contributed by atoms with Crippen molar-refractivity contribution in [1.29, 1.82) is 0 Å². The highest BCUT2D eigenvalue weighted by molar-refractivity contribution is 5.92. The van der Waals surface area contributed by atoms with E-state index >= 15 is 0 Å². The van der Waals surface area contributed by atoms with Crippen LogP contribution >= 0.6 is 0 Å². The number of pyridine rings is 3. The van der Waals surface area contributed by atoms with E-state index in [1.54, 1.807) is 12.3 Å². The Kier molecular flexibility index (Phi) is 6.14. The molecule has 1 amide bonds. The van der Waals surface area contributed by atoms with Gasteiger partial charge in [-0.1, -0.05) is 0 Å². The van der Waals surface area contributed by atoms with Gasteiger partial charge in [0.15, 0.2) is 0 Å². The molecule has 1 aliphatic heterocycles. The molecule has 3 aliphatic rings. The highest BCUT2D eigenvalue weighted by atomic mass is 19.3. The number of halogens is 2. The topological polar surface area (TPSA) is 94.2 Å². The fourth-order valence-electron chi connectivity index (χ4n) is 5.70. The van der Waals surface area contributed by atoms with Gasteiger partial charge in [0.1, 0.15) is 5.69 Å². The molecule has 3 aromatic rings. The number of carbonyl (C=O) groups excluding carboxylic acids is 1. The zero-order valence-electron chi connectivity index (χ0n) is 20.6. The van der Waals surface area contributed by atoms with Crippen LogP contribution in [0, 0.1) is 0 Å². The van der Waals surface area contributed by atoms with Gasteiger partial charge in [0.05, 0.1) is 22.9 Å². The summed E-state index contributed by atoms with van der Waals surface area (Å²) in [4.78, 5) is 41.4. The standard InChI is InChI=1S/C27H30F2N6O2/c28-27(29)12-18(13-27)32-26(37)22-6-5-19(15-30-22)35-9-7-34(8-10-35)16-17-11-23-24(31-14-17)20-3-1-2-4-21(20)25(36)33-23/h5-6,11,14-15,18H,1-4,7-10,12-13,16H2,(H,32,37)(H,33,36). The molecular formula is C27H30F2N6O2. The molecule has 2 N–H and O–H groups in total. The minimum Gasteiger partial charge on any atom is -0.368 e. The molecule has 194 valence electrons. The van der Waals surface area contributed by atoms with Gasteiger partial charge >= 0.3 is 0 Å². The third-order valence-corrected chi connectivity index (χ3v) is 7.77. The molecule has 6 rings (SSSR count). The van der Waals surface area contributed by atoms with Crippen LogP contribution < -0.4 is 15.8 Å². The first-order valence-electron chi connectivity index (χ1n) is 13.0. The van der Waals surface area contributed by atoms with Gasteiger partial charge in [-0.2, -0.15) is 0 Å². The van der Waals surface area contributed by atoms with Crippen molar-refractivity contribution in [3.63, 3.8) is 0 Å². The van der Waals surface area contributed by atoms with Crippen LogP contribution in [0.4, 0.5) is 14.5 Å². The number of anilines is 1. The highest BCUT2D eigenvalue weighted by Gasteiger charge is 2.46. The molecule has 0 spiro atoms. The van der Waals surface area contributed by atoms with E-state index < -0.39 is 17.9 Å². The summed E-state index contributed by atoms with van der Waals surface area (Å²) in [6.45, 7) is 4.10. The quantitative estimate of drug-likeness (QED) is 0.550. The number of fused-ring (bicyclic) bond motifs is 3. The molecule has 8 nitrogen and oxygen atoms in total. The molecule has 3 aromatic heterocycles. The van der Waals surface area contributed by atoms with Crippen LogP contribution in [-0.2, 0) is 19.4 Å². The maximum Gasteiger partial charge on any atom is 0.270 e. The number of aromatic nitrogens is 3. The van der Waals surface area contributed by atoms with E-state index in [4.69, 9.17) is 4.98 Å². The van der Waals surface area contributed by atoms with E-state index in [1.165, 1.54) is 0 Å². The SMILES string of the molecule is O=C(NC1CC(F)(F)C1)c1ccc(N2CCN(Cc3cnc4c5c(c(=O)[nH]c4c3)CCCC5)CC2)cn1. The third kappa shape index (κ3) is 4.94. The number of hydrogen-bond acceptors (Lipinski definition) is 6. The van der Waals surface area contributed by atoms with E-state index in [-0.39, 0.29) is 24.1 Å². The van der Waals surface area contributed by atoms with Crippen molar-refractivity contribution in [2.24, 2.45) is 0 Å². The molecule has 10 heteroatoms. The summed E-state index contributed by atoms with van der Waals surface area (Å²) < 4.78 is 26.0. The van der Waals surface area contributed by atoms with Crippen molar-refractivity contribution in [1.82, 2.24) is 25.2 Å². The van der Waals surface area contributed by atoms with Crippen molar-refractivity contribution in [2.75, 3.05) is 31.1 Å². The average molecular weight is 509 g/mol. The van der Waals surface area contributed by atoms with Gasteiger partial charge in [-0.25, -0.2) is 13.8 Å². The molecule has 0 radical (unpaired) electrons.